The number of halogens is 3. The Balaban J connectivity index is 1.69. The SMILES string of the molecule is O=C1CC(c2ccccc2)N(SI)[C@H]2C[C@@H](c3ccccc3Cl)N(SI)C[C@@H]12. The van der Waals surface area contributed by atoms with Crippen LogP contribution in [0.3, 0.4) is 0 Å². The number of carbonyl (C=O) groups is 1. The number of nitrogens with zero attached hydrogens (tertiary/aromatic N) is 2. The van der Waals surface area contributed by atoms with E-state index in [0.29, 0.717) is 12.2 Å². The van der Waals surface area contributed by atoms with Crippen LogP contribution in [-0.4, -0.2) is 27.0 Å². The first-order valence-electron chi connectivity index (χ1n) is 9.08. The Morgan fingerprint density at radius 3 is 2.36 bits per heavy atom. The Morgan fingerprint density at radius 2 is 1.68 bits per heavy atom. The van der Waals surface area contributed by atoms with Crippen molar-refractivity contribution in [1.82, 2.24) is 8.61 Å². The van der Waals surface area contributed by atoms with E-state index < -0.39 is 0 Å². The number of carbonyl (C=O) groups excluding carboxylic acids is 1. The molecule has 148 valence electrons. The van der Waals surface area contributed by atoms with Gasteiger partial charge in [-0.25, -0.2) is 8.61 Å². The summed E-state index contributed by atoms with van der Waals surface area (Å²) in [4.78, 5) is 13.1. The first-order chi connectivity index (χ1) is 13.6. The van der Waals surface area contributed by atoms with Gasteiger partial charge in [0.25, 0.3) is 0 Å². The number of fused-ring (bicyclic) bond motifs is 1. The van der Waals surface area contributed by atoms with E-state index in [9.17, 15) is 4.79 Å². The Labute approximate surface area is 203 Å². The molecular formula is C20H19ClI2N2OS2. The lowest BCUT2D eigenvalue weighted by Gasteiger charge is -2.50. The Hall–Kier alpha value is 0.480. The van der Waals surface area contributed by atoms with E-state index in [-0.39, 0.29) is 24.0 Å². The molecule has 4 rings (SSSR count). The van der Waals surface area contributed by atoms with Crippen LogP contribution < -0.4 is 0 Å². The molecule has 2 aromatic carbocycles. The monoisotopic (exact) mass is 656 g/mol. The van der Waals surface area contributed by atoms with E-state index in [0.717, 1.165) is 23.6 Å². The van der Waals surface area contributed by atoms with Crippen LogP contribution in [-0.2, 0) is 4.79 Å². The molecule has 2 heterocycles. The molecule has 0 aromatic heterocycles. The number of Topliss-reactive ketones (excluding diaryl/α,β-unsaturated/α-hetero) is 1. The quantitative estimate of drug-likeness (QED) is 0.259. The summed E-state index contributed by atoms with van der Waals surface area (Å²) in [6.45, 7) is 0.766. The zero-order valence-electron chi connectivity index (χ0n) is 14.9. The van der Waals surface area contributed by atoms with E-state index >= 15 is 0 Å². The van der Waals surface area contributed by atoms with Crippen LogP contribution in [0.25, 0.3) is 0 Å². The lowest BCUT2D eigenvalue weighted by Crippen LogP contribution is -2.55. The molecule has 2 saturated heterocycles. The maximum absolute atomic E-state index is 13.1. The van der Waals surface area contributed by atoms with Gasteiger partial charge in [0.2, 0.25) is 0 Å². The summed E-state index contributed by atoms with van der Waals surface area (Å²) >= 11 is 11.3. The fraction of sp³-hybridized carbons (Fsp3) is 0.350. The highest BCUT2D eigenvalue weighted by molar-refractivity contribution is 14.2. The van der Waals surface area contributed by atoms with Crippen molar-refractivity contribution in [2.75, 3.05) is 6.54 Å². The van der Waals surface area contributed by atoms with Gasteiger partial charge in [0.1, 0.15) is 5.78 Å². The van der Waals surface area contributed by atoms with Crippen molar-refractivity contribution in [3.8, 4) is 0 Å². The number of rotatable bonds is 4. The first-order valence-corrected chi connectivity index (χ1v) is 16.1. The third kappa shape index (κ3) is 4.27. The Bertz CT molecular complexity index is 844. The van der Waals surface area contributed by atoms with Gasteiger partial charge in [-0.3, -0.25) is 4.79 Å². The van der Waals surface area contributed by atoms with Crippen molar-refractivity contribution in [3.63, 3.8) is 0 Å². The summed E-state index contributed by atoms with van der Waals surface area (Å²) in [6.07, 6.45) is 1.48. The molecule has 4 atom stereocenters. The second-order valence-electron chi connectivity index (χ2n) is 7.14. The molecular weight excluding hydrogens is 638 g/mol. The number of hydrogen-bond acceptors (Lipinski definition) is 5. The maximum atomic E-state index is 13.1. The summed E-state index contributed by atoms with van der Waals surface area (Å²) in [7, 11) is 3.42. The predicted octanol–water partition coefficient (Wildman–Crippen LogP) is 7.08. The van der Waals surface area contributed by atoms with E-state index in [1.165, 1.54) is 5.56 Å². The van der Waals surface area contributed by atoms with Crippen molar-refractivity contribution >= 4 is 78.0 Å². The number of benzene rings is 2. The van der Waals surface area contributed by atoms with Gasteiger partial charge in [-0.05, 0) is 41.9 Å². The van der Waals surface area contributed by atoms with E-state index in [1.807, 2.05) is 24.3 Å². The molecule has 28 heavy (non-hydrogen) atoms. The Morgan fingerprint density at radius 1 is 0.964 bits per heavy atom. The van der Waals surface area contributed by atoms with Crippen LogP contribution in [0.15, 0.2) is 54.6 Å². The van der Waals surface area contributed by atoms with Crippen LogP contribution in [0.4, 0.5) is 0 Å². The molecule has 2 fully saturated rings. The second kappa shape index (κ2) is 9.74. The minimum absolute atomic E-state index is 0.0447. The molecule has 0 spiro atoms. The molecule has 0 radical (unpaired) electrons. The average Bonchev–Trinajstić information content (AvgIpc) is 2.74. The summed E-state index contributed by atoms with van der Waals surface area (Å²) in [5.41, 5.74) is 2.37. The van der Waals surface area contributed by atoms with Gasteiger partial charge in [-0.15, -0.1) is 0 Å². The molecule has 2 aliphatic heterocycles. The van der Waals surface area contributed by atoms with Gasteiger partial charge in [-0.2, -0.15) is 0 Å². The highest BCUT2D eigenvalue weighted by Gasteiger charge is 2.49. The van der Waals surface area contributed by atoms with Crippen LogP contribution in [0.5, 0.6) is 0 Å². The van der Waals surface area contributed by atoms with Crippen molar-refractivity contribution in [2.45, 2.75) is 31.0 Å². The van der Waals surface area contributed by atoms with Crippen LogP contribution in [0.2, 0.25) is 5.02 Å². The normalized spacial score (nSPS) is 28.9. The average molecular weight is 657 g/mol. The molecule has 2 aromatic rings. The number of ketones is 1. The minimum atomic E-state index is 0.0447. The third-order valence-electron chi connectivity index (χ3n) is 5.71. The number of piperidine rings is 2. The summed E-state index contributed by atoms with van der Waals surface area (Å²) in [6, 6.07) is 19.1. The van der Waals surface area contributed by atoms with Crippen molar-refractivity contribution in [2.24, 2.45) is 5.92 Å². The van der Waals surface area contributed by atoms with Gasteiger partial charge in [0, 0.05) is 78.4 Å². The van der Waals surface area contributed by atoms with Gasteiger partial charge in [0.05, 0.1) is 6.04 Å². The lowest BCUT2D eigenvalue weighted by molar-refractivity contribution is -0.131. The topological polar surface area (TPSA) is 23.6 Å². The molecule has 3 nitrogen and oxygen atoms in total. The fourth-order valence-electron chi connectivity index (χ4n) is 4.36. The van der Waals surface area contributed by atoms with Crippen LogP contribution >= 0.6 is 72.3 Å². The summed E-state index contributed by atoms with van der Waals surface area (Å²) in [5, 5.41) is 0.803. The maximum Gasteiger partial charge on any atom is 0.140 e. The van der Waals surface area contributed by atoms with Crippen LogP contribution in [0.1, 0.15) is 36.1 Å². The largest absolute Gasteiger partial charge is 0.299 e. The highest BCUT2D eigenvalue weighted by atomic mass is 127. The summed E-state index contributed by atoms with van der Waals surface area (Å²) in [5.74, 6) is 0.428. The molecule has 2 aliphatic rings. The standard InChI is InChI=1S/C20H19ClI2N2OS2/c21-16-9-5-4-8-14(16)18-10-19-15(12-24(18)27-22)20(26)11-17(25(19)28-23)13-6-2-1-3-7-13/h1-9,15,17-19H,10-12H2/t15-,17?,18+,19+/m1/s1. The Kier molecular flexibility index (Phi) is 7.55. The fourth-order valence-corrected chi connectivity index (χ4v) is 8.77. The van der Waals surface area contributed by atoms with Gasteiger partial charge < -0.3 is 0 Å². The third-order valence-corrected chi connectivity index (χ3v) is 10.2. The smallest absolute Gasteiger partial charge is 0.140 e. The lowest BCUT2D eigenvalue weighted by atomic mass is 9.77. The van der Waals surface area contributed by atoms with Gasteiger partial charge >= 0.3 is 0 Å². The zero-order valence-corrected chi connectivity index (χ0v) is 21.6. The zero-order chi connectivity index (χ0) is 19.7. The van der Waals surface area contributed by atoms with Crippen molar-refractivity contribution in [1.29, 1.82) is 0 Å². The number of hydrogen-bond donors (Lipinski definition) is 0. The van der Waals surface area contributed by atoms with Gasteiger partial charge in [-0.1, -0.05) is 60.1 Å². The van der Waals surface area contributed by atoms with E-state index in [4.69, 9.17) is 11.6 Å². The van der Waals surface area contributed by atoms with Crippen molar-refractivity contribution in [3.05, 3.63) is 70.7 Å². The molecule has 1 unspecified atom stereocenters. The molecule has 0 saturated carbocycles. The highest BCUT2D eigenvalue weighted by Crippen LogP contribution is 2.50. The second-order valence-corrected chi connectivity index (χ2v) is 11.1. The predicted molar refractivity (Wildman–Crippen MR) is 137 cm³/mol. The van der Waals surface area contributed by atoms with Gasteiger partial charge in [0.15, 0.2) is 0 Å². The molecule has 0 amide bonds. The molecule has 8 heteroatoms. The van der Waals surface area contributed by atoms with E-state index in [2.05, 4.69) is 81.4 Å². The van der Waals surface area contributed by atoms with Crippen LogP contribution in [0, 0.1) is 5.92 Å². The molecule has 0 bridgehead atoms. The van der Waals surface area contributed by atoms with Crippen molar-refractivity contribution < 1.29 is 4.79 Å². The minimum Gasteiger partial charge on any atom is -0.299 e. The molecule has 0 aliphatic carbocycles. The van der Waals surface area contributed by atoms with E-state index in [1.54, 1.807) is 18.2 Å². The molecule has 0 N–H and O–H groups in total. The summed E-state index contributed by atoms with van der Waals surface area (Å²) < 4.78 is 4.79. The first kappa shape index (κ1) is 21.7.